The Hall–Kier alpha value is -2.18. The van der Waals surface area contributed by atoms with E-state index in [0.29, 0.717) is 5.52 Å². The zero-order chi connectivity index (χ0) is 17.0. The van der Waals surface area contributed by atoms with E-state index in [4.69, 9.17) is 4.74 Å². The van der Waals surface area contributed by atoms with E-state index in [2.05, 4.69) is 9.97 Å². The van der Waals surface area contributed by atoms with E-state index in [1.165, 1.54) is 18.5 Å². The van der Waals surface area contributed by atoms with Gasteiger partial charge in [-0.2, -0.15) is 13.2 Å². The number of carbonyl (C=O) groups is 1. The number of alkyl halides is 3. The van der Waals surface area contributed by atoms with E-state index < -0.39 is 17.6 Å². The summed E-state index contributed by atoms with van der Waals surface area (Å²) in [4.78, 5) is 20.2. The van der Waals surface area contributed by atoms with Gasteiger partial charge >= 0.3 is 12.1 Å². The predicted octanol–water partition coefficient (Wildman–Crippen LogP) is 4.05. The molecular formula is C17H15F3N2O2. The van der Waals surface area contributed by atoms with Crippen molar-refractivity contribution in [2.75, 3.05) is 0 Å². The third-order valence-electron chi connectivity index (χ3n) is 5.39. The van der Waals surface area contributed by atoms with Crippen molar-refractivity contribution >= 4 is 16.9 Å². The van der Waals surface area contributed by atoms with Crippen LogP contribution in [0.2, 0.25) is 0 Å². The molecule has 4 rings (SSSR count). The summed E-state index contributed by atoms with van der Waals surface area (Å²) in [5, 5.41) is 0.722. The highest BCUT2D eigenvalue weighted by Crippen LogP contribution is 2.69. The third kappa shape index (κ3) is 2.17. The lowest BCUT2D eigenvalue weighted by Gasteiger charge is -2.59. The molecule has 0 unspecified atom stereocenters. The van der Waals surface area contributed by atoms with Crippen molar-refractivity contribution in [3.05, 3.63) is 30.7 Å². The Morgan fingerprint density at radius 1 is 1.21 bits per heavy atom. The van der Waals surface area contributed by atoms with Crippen LogP contribution < -0.4 is 4.74 Å². The second kappa shape index (κ2) is 4.91. The molecule has 0 saturated heterocycles. The van der Waals surface area contributed by atoms with E-state index in [9.17, 15) is 18.0 Å². The van der Waals surface area contributed by atoms with Crippen LogP contribution in [0.25, 0.3) is 10.9 Å². The van der Waals surface area contributed by atoms with Crippen LogP contribution in [0.15, 0.2) is 30.7 Å². The molecule has 126 valence electrons. The average molecular weight is 336 g/mol. The van der Waals surface area contributed by atoms with Crippen LogP contribution in [0.1, 0.15) is 32.1 Å². The first-order valence-corrected chi connectivity index (χ1v) is 7.83. The number of hydrogen-bond donors (Lipinski definition) is 0. The molecule has 1 spiro atoms. The van der Waals surface area contributed by atoms with Gasteiger partial charge in [0.05, 0.1) is 5.52 Å². The number of esters is 1. The lowest BCUT2D eigenvalue weighted by Crippen LogP contribution is -2.62. The Kier molecular flexibility index (Phi) is 3.14. The summed E-state index contributed by atoms with van der Waals surface area (Å²) < 4.78 is 45.7. The summed E-state index contributed by atoms with van der Waals surface area (Å²) >= 11 is 0. The summed E-state index contributed by atoms with van der Waals surface area (Å²) in [6.07, 6.45) is 0.484. The molecule has 4 nitrogen and oxygen atoms in total. The standard InChI is InChI=1S/C17H15F3N2O2/c18-17(19,20)16(8-15(9-16)4-1-5-15)14(23)24-12-3-2-11-7-21-10-22-13(11)6-12/h2-3,6-7,10H,1,4-5,8-9H2. The van der Waals surface area contributed by atoms with Crippen molar-refractivity contribution in [1.82, 2.24) is 9.97 Å². The number of nitrogens with zero attached hydrogens (tertiary/aromatic N) is 2. The molecule has 0 bridgehead atoms. The van der Waals surface area contributed by atoms with E-state index in [1.807, 2.05) is 0 Å². The second-order valence-electron chi connectivity index (χ2n) is 6.92. The van der Waals surface area contributed by atoms with Crippen molar-refractivity contribution in [3.63, 3.8) is 0 Å². The maximum Gasteiger partial charge on any atom is 0.404 e. The maximum absolute atomic E-state index is 13.5. The first-order chi connectivity index (χ1) is 11.3. The minimum Gasteiger partial charge on any atom is -0.426 e. The van der Waals surface area contributed by atoms with Gasteiger partial charge in [-0.15, -0.1) is 0 Å². The van der Waals surface area contributed by atoms with Crippen LogP contribution in [-0.2, 0) is 4.79 Å². The largest absolute Gasteiger partial charge is 0.426 e. The van der Waals surface area contributed by atoms with Gasteiger partial charge in [0.15, 0.2) is 5.41 Å². The molecule has 2 saturated carbocycles. The summed E-state index contributed by atoms with van der Waals surface area (Å²) in [5.41, 5.74) is -2.15. The highest BCUT2D eigenvalue weighted by molar-refractivity contribution is 5.84. The van der Waals surface area contributed by atoms with Gasteiger partial charge in [0.25, 0.3) is 0 Å². The van der Waals surface area contributed by atoms with Crippen molar-refractivity contribution < 1.29 is 22.7 Å². The van der Waals surface area contributed by atoms with E-state index in [1.54, 1.807) is 12.3 Å². The number of rotatable bonds is 2. The van der Waals surface area contributed by atoms with Gasteiger partial charge in [-0.25, -0.2) is 9.97 Å². The molecule has 2 aromatic rings. The van der Waals surface area contributed by atoms with Crippen LogP contribution >= 0.6 is 0 Å². The van der Waals surface area contributed by atoms with Crippen molar-refractivity contribution in [2.45, 2.75) is 38.3 Å². The highest BCUT2D eigenvalue weighted by Gasteiger charge is 2.73. The smallest absolute Gasteiger partial charge is 0.404 e. The number of benzene rings is 1. The average Bonchev–Trinajstić information content (AvgIpc) is 2.43. The molecule has 0 aliphatic heterocycles. The summed E-state index contributed by atoms with van der Waals surface area (Å²) in [7, 11) is 0. The Labute approximate surface area is 136 Å². The Balaban J connectivity index is 1.59. The summed E-state index contributed by atoms with van der Waals surface area (Å²) in [6, 6.07) is 4.54. The van der Waals surface area contributed by atoms with Crippen molar-refractivity contribution in [3.8, 4) is 5.75 Å². The highest BCUT2D eigenvalue weighted by atomic mass is 19.4. The fraction of sp³-hybridized carbons (Fsp3) is 0.471. The Bertz CT molecular complexity index is 807. The number of carbonyl (C=O) groups excluding carboxylic acids is 1. The summed E-state index contributed by atoms with van der Waals surface area (Å²) in [5.74, 6) is -1.13. The van der Waals surface area contributed by atoms with E-state index in [0.717, 1.165) is 24.6 Å². The monoisotopic (exact) mass is 336 g/mol. The summed E-state index contributed by atoms with van der Waals surface area (Å²) in [6.45, 7) is 0. The van der Waals surface area contributed by atoms with Crippen LogP contribution in [0.3, 0.4) is 0 Å². The van der Waals surface area contributed by atoms with Gasteiger partial charge in [-0.1, -0.05) is 6.42 Å². The lowest BCUT2D eigenvalue weighted by atomic mass is 9.45. The molecule has 0 amide bonds. The molecule has 0 radical (unpaired) electrons. The van der Waals surface area contributed by atoms with E-state index >= 15 is 0 Å². The number of fused-ring (bicyclic) bond motifs is 1. The minimum atomic E-state index is -4.59. The normalized spacial score (nSPS) is 21.1. The number of halogens is 3. The molecule has 2 aliphatic carbocycles. The first kappa shape index (κ1) is 15.4. The fourth-order valence-corrected chi connectivity index (χ4v) is 3.94. The number of aromatic nitrogens is 2. The van der Waals surface area contributed by atoms with Crippen molar-refractivity contribution in [1.29, 1.82) is 0 Å². The zero-order valence-electron chi connectivity index (χ0n) is 12.8. The SMILES string of the molecule is O=C(Oc1ccc2cncnc2c1)C1(C(F)(F)F)CC2(CCC2)C1. The molecule has 0 atom stereocenters. The van der Waals surface area contributed by atoms with Gasteiger partial charge < -0.3 is 4.74 Å². The quantitative estimate of drug-likeness (QED) is 0.613. The number of ether oxygens (including phenoxy) is 1. The van der Waals surface area contributed by atoms with Crippen LogP contribution in [0.5, 0.6) is 5.75 Å². The zero-order valence-corrected chi connectivity index (χ0v) is 12.8. The molecule has 1 aromatic carbocycles. The molecule has 0 N–H and O–H groups in total. The molecule has 1 heterocycles. The topological polar surface area (TPSA) is 52.1 Å². The Morgan fingerprint density at radius 3 is 2.58 bits per heavy atom. The van der Waals surface area contributed by atoms with Gasteiger partial charge in [-0.05, 0) is 43.2 Å². The molecule has 1 aromatic heterocycles. The van der Waals surface area contributed by atoms with Gasteiger partial charge in [0.2, 0.25) is 0 Å². The molecule has 7 heteroatoms. The molecule has 2 fully saturated rings. The second-order valence-corrected chi connectivity index (χ2v) is 6.92. The maximum atomic E-state index is 13.5. The molecule has 2 aliphatic rings. The van der Waals surface area contributed by atoms with Crippen LogP contribution in [0, 0.1) is 10.8 Å². The predicted molar refractivity (Wildman–Crippen MR) is 79.2 cm³/mol. The minimum absolute atomic E-state index is 0.0735. The van der Waals surface area contributed by atoms with Crippen LogP contribution in [-0.4, -0.2) is 22.1 Å². The van der Waals surface area contributed by atoms with Gasteiger partial charge in [0, 0.05) is 17.6 Å². The van der Waals surface area contributed by atoms with Gasteiger partial charge in [-0.3, -0.25) is 4.79 Å². The van der Waals surface area contributed by atoms with Crippen LogP contribution in [0.4, 0.5) is 13.2 Å². The molecular weight excluding hydrogens is 321 g/mol. The number of hydrogen-bond acceptors (Lipinski definition) is 4. The third-order valence-corrected chi connectivity index (χ3v) is 5.39. The van der Waals surface area contributed by atoms with E-state index in [-0.39, 0.29) is 24.0 Å². The Morgan fingerprint density at radius 2 is 1.96 bits per heavy atom. The molecule has 24 heavy (non-hydrogen) atoms. The van der Waals surface area contributed by atoms with Gasteiger partial charge in [0.1, 0.15) is 12.1 Å². The lowest BCUT2D eigenvalue weighted by molar-refractivity contribution is -0.287. The van der Waals surface area contributed by atoms with Crippen molar-refractivity contribution in [2.24, 2.45) is 10.8 Å². The fourth-order valence-electron chi connectivity index (χ4n) is 3.94. The first-order valence-electron chi connectivity index (χ1n) is 7.83.